The van der Waals surface area contributed by atoms with Gasteiger partial charge in [-0.2, -0.15) is 0 Å². The van der Waals surface area contributed by atoms with Gasteiger partial charge in [-0.05, 0) is 31.2 Å². The molecule has 4 nitrogen and oxygen atoms in total. The number of benzene rings is 1. The van der Waals surface area contributed by atoms with Gasteiger partial charge in [0.25, 0.3) is 0 Å². The van der Waals surface area contributed by atoms with Gasteiger partial charge in [-0.25, -0.2) is 9.78 Å². The highest BCUT2D eigenvalue weighted by molar-refractivity contribution is 7.98. The van der Waals surface area contributed by atoms with E-state index < -0.39 is 5.97 Å². The highest BCUT2D eigenvalue weighted by Crippen LogP contribution is 2.22. The van der Waals surface area contributed by atoms with Crippen molar-refractivity contribution in [3.8, 4) is 0 Å². The summed E-state index contributed by atoms with van der Waals surface area (Å²) in [6.07, 6.45) is 3.69. The Morgan fingerprint density at radius 2 is 2.11 bits per heavy atom. The Balaban J connectivity index is 2.00. The van der Waals surface area contributed by atoms with Crippen LogP contribution in [0.4, 0.5) is 0 Å². The smallest absolute Gasteiger partial charge is 0.335 e. The minimum Gasteiger partial charge on any atom is -0.478 e. The molecule has 0 radical (unpaired) electrons. The van der Waals surface area contributed by atoms with E-state index >= 15 is 0 Å². The average Bonchev–Trinajstić information content (AvgIpc) is 2.84. The molecule has 1 aromatic carbocycles. The molecule has 2 rings (SSSR count). The number of rotatable bonds is 5. The van der Waals surface area contributed by atoms with Crippen LogP contribution >= 0.6 is 11.8 Å². The number of nitrogens with zero attached hydrogens (tertiary/aromatic N) is 2. The number of carboxylic acid groups (broad SMARTS) is 1. The third-order valence-electron chi connectivity index (χ3n) is 2.63. The van der Waals surface area contributed by atoms with E-state index in [2.05, 4.69) is 16.5 Å². The molecular weight excluding hydrogens is 248 g/mol. The van der Waals surface area contributed by atoms with E-state index in [-0.39, 0.29) is 0 Å². The number of hydrogen-bond donors (Lipinski definition) is 1. The maximum Gasteiger partial charge on any atom is 0.335 e. The molecule has 0 spiro atoms. The van der Waals surface area contributed by atoms with Gasteiger partial charge in [0.1, 0.15) is 0 Å². The Hall–Kier alpha value is -1.75. The third-order valence-corrected chi connectivity index (χ3v) is 3.67. The molecule has 1 N–H and O–H groups in total. The van der Waals surface area contributed by atoms with E-state index in [1.807, 2.05) is 24.7 Å². The van der Waals surface area contributed by atoms with Gasteiger partial charge < -0.3 is 9.67 Å². The van der Waals surface area contributed by atoms with Crippen LogP contribution in [0.25, 0.3) is 0 Å². The van der Waals surface area contributed by atoms with E-state index in [1.54, 1.807) is 23.9 Å². The number of aryl methyl sites for hydroxylation is 1. The van der Waals surface area contributed by atoms with Crippen molar-refractivity contribution in [3.63, 3.8) is 0 Å². The second kappa shape index (κ2) is 5.73. The van der Waals surface area contributed by atoms with Gasteiger partial charge in [-0.3, -0.25) is 0 Å². The van der Waals surface area contributed by atoms with E-state index in [9.17, 15) is 4.79 Å². The van der Waals surface area contributed by atoms with Crippen molar-refractivity contribution in [2.24, 2.45) is 0 Å². The zero-order valence-electron chi connectivity index (χ0n) is 10.0. The molecule has 0 fully saturated rings. The van der Waals surface area contributed by atoms with Gasteiger partial charge in [0.05, 0.1) is 11.9 Å². The standard InChI is InChI=1S/C13H14N2O2S/c1-2-15-9-14-7-11(15)8-18-12-5-3-10(4-6-12)13(16)17/h3-7,9H,2,8H2,1H3,(H,16,17). The molecule has 1 heterocycles. The highest BCUT2D eigenvalue weighted by Gasteiger charge is 2.04. The SMILES string of the molecule is CCn1cncc1CSc1ccc(C(=O)O)cc1. The number of carboxylic acids is 1. The summed E-state index contributed by atoms with van der Waals surface area (Å²) in [6.45, 7) is 2.99. The predicted molar refractivity (Wildman–Crippen MR) is 70.9 cm³/mol. The summed E-state index contributed by atoms with van der Waals surface area (Å²) in [5.74, 6) is -0.0594. The first-order chi connectivity index (χ1) is 8.70. The number of aromatic nitrogens is 2. The van der Waals surface area contributed by atoms with Gasteiger partial charge in [0.2, 0.25) is 0 Å². The van der Waals surface area contributed by atoms with E-state index in [4.69, 9.17) is 5.11 Å². The minimum atomic E-state index is -0.893. The Morgan fingerprint density at radius 3 is 2.72 bits per heavy atom. The number of hydrogen-bond acceptors (Lipinski definition) is 3. The average molecular weight is 262 g/mol. The minimum absolute atomic E-state index is 0.318. The molecule has 0 aliphatic rings. The van der Waals surface area contributed by atoms with Crippen molar-refractivity contribution in [3.05, 3.63) is 48.0 Å². The topological polar surface area (TPSA) is 55.1 Å². The van der Waals surface area contributed by atoms with E-state index in [0.29, 0.717) is 5.56 Å². The van der Waals surface area contributed by atoms with Gasteiger partial charge in [0.15, 0.2) is 0 Å². The molecule has 94 valence electrons. The second-order valence-electron chi connectivity index (χ2n) is 3.79. The summed E-state index contributed by atoms with van der Waals surface area (Å²) < 4.78 is 2.10. The van der Waals surface area contributed by atoms with Crippen molar-refractivity contribution in [2.75, 3.05) is 0 Å². The Bertz CT molecular complexity index is 534. The van der Waals surface area contributed by atoms with Crippen LogP contribution in [0.3, 0.4) is 0 Å². The fourth-order valence-electron chi connectivity index (χ4n) is 1.60. The van der Waals surface area contributed by atoms with Crippen LogP contribution in [0.2, 0.25) is 0 Å². The molecule has 0 aliphatic carbocycles. The molecule has 0 aliphatic heterocycles. The molecule has 0 atom stereocenters. The zero-order chi connectivity index (χ0) is 13.0. The lowest BCUT2D eigenvalue weighted by molar-refractivity contribution is 0.0697. The Labute approximate surface area is 110 Å². The number of aromatic carboxylic acids is 1. The molecule has 0 saturated heterocycles. The summed E-state index contributed by atoms with van der Waals surface area (Å²) in [5, 5.41) is 8.81. The molecule has 1 aromatic heterocycles. The van der Waals surface area contributed by atoms with Gasteiger partial charge in [-0.15, -0.1) is 11.8 Å². The molecule has 0 amide bonds. The van der Waals surface area contributed by atoms with Crippen molar-refractivity contribution in [1.82, 2.24) is 9.55 Å². The first kappa shape index (κ1) is 12.7. The molecule has 2 aromatic rings. The van der Waals surface area contributed by atoms with Gasteiger partial charge >= 0.3 is 5.97 Å². The lowest BCUT2D eigenvalue weighted by atomic mass is 10.2. The molecule has 5 heteroatoms. The van der Waals surface area contributed by atoms with Crippen LogP contribution in [-0.4, -0.2) is 20.6 Å². The summed E-state index contributed by atoms with van der Waals surface area (Å²) in [4.78, 5) is 15.9. The summed E-state index contributed by atoms with van der Waals surface area (Å²) in [7, 11) is 0. The normalized spacial score (nSPS) is 10.5. The summed E-state index contributed by atoms with van der Waals surface area (Å²) >= 11 is 1.67. The quantitative estimate of drug-likeness (QED) is 0.842. The molecule has 18 heavy (non-hydrogen) atoms. The van der Waals surface area contributed by atoms with Gasteiger partial charge in [0, 0.05) is 29.1 Å². The highest BCUT2D eigenvalue weighted by atomic mass is 32.2. The maximum atomic E-state index is 10.7. The number of carbonyl (C=O) groups is 1. The van der Waals surface area contributed by atoms with Crippen molar-refractivity contribution in [2.45, 2.75) is 24.1 Å². The first-order valence-corrected chi connectivity index (χ1v) is 6.64. The summed E-state index contributed by atoms with van der Waals surface area (Å²) in [6, 6.07) is 6.92. The van der Waals surface area contributed by atoms with Gasteiger partial charge in [-0.1, -0.05) is 0 Å². The molecule has 0 unspecified atom stereocenters. The van der Waals surface area contributed by atoms with Crippen LogP contribution in [0, 0.1) is 0 Å². The van der Waals surface area contributed by atoms with Crippen LogP contribution < -0.4 is 0 Å². The summed E-state index contributed by atoms with van der Waals surface area (Å²) in [5.41, 5.74) is 1.49. The Morgan fingerprint density at radius 1 is 1.39 bits per heavy atom. The monoisotopic (exact) mass is 262 g/mol. The van der Waals surface area contributed by atoms with E-state index in [1.165, 1.54) is 5.69 Å². The predicted octanol–water partition coefficient (Wildman–Crippen LogP) is 2.89. The lowest BCUT2D eigenvalue weighted by Crippen LogP contribution is -1.97. The number of thioether (sulfide) groups is 1. The van der Waals surface area contributed by atoms with Crippen LogP contribution in [0.1, 0.15) is 23.0 Å². The Kier molecular flexibility index (Phi) is 4.04. The van der Waals surface area contributed by atoms with Crippen LogP contribution in [-0.2, 0) is 12.3 Å². The van der Waals surface area contributed by atoms with E-state index in [0.717, 1.165) is 17.2 Å². The molecular formula is C13H14N2O2S. The van der Waals surface area contributed by atoms with Crippen molar-refractivity contribution >= 4 is 17.7 Å². The lowest BCUT2D eigenvalue weighted by Gasteiger charge is -2.05. The third kappa shape index (κ3) is 2.92. The maximum absolute atomic E-state index is 10.7. The van der Waals surface area contributed by atoms with Crippen LogP contribution in [0.15, 0.2) is 41.7 Å². The van der Waals surface area contributed by atoms with Crippen LogP contribution in [0.5, 0.6) is 0 Å². The zero-order valence-corrected chi connectivity index (χ0v) is 10.9. The fourth-order valence-corrected chi connectivity index (χ4v) is 2.49. The van der Waals surface area contributed by atoms with Crippen molar-refractivity contribution < 1.29 is 9.90 Å². The molecule has 0 bridgehead atoms. The molecule has 0 saturated carbocycles. The van der Waals surface area contributed by atoms with Crippen molar-refractivity contribution in [1.29, 1.82) is 0 Å². The second-order valence-corrected chi connectivity index (χ2v) is 4.84. The largest absolute Gasteiger partial charge is 0.478 e. The number of imidazole rings is 1. The first-order valence-electron chi connectivity index (χ1n) is 5.66. The fraction of sp³-hybridized carbons (Fsp3) is 0.231.